The number of nitrogens with one attached hydrogen (secondary N) is 4. The first-order valence-corrected chi connectivity index (χ1v) is 19.6. The van der Waals surface area contributed by atoms with E-state index in [1.165, 1.54) is 10.4 Å². The molecule has 3 fully saturated rings. The van der Waals surface area contributed by atoms with Gasteiger partial charge < -0.3 is 30.5 Å². The van der Waals surface area contributed by atoms with Gasteiger partial charge in [-0.2, -0.15) is 26.2 Å². The van der Waals surface area contributed by atoms with Crippen LogP contribution in [-0.4, -0.2) is 136 Å². The van der Waals surface area contributed by atoms with Gasteiger partial charge in [0.05, 0.1) is 32.5 Å². The number of aliphatic hydroxyl groups excluding tert-OH is 1. The molecule has 4 rings (SSSR count). The molecule has 2 aliphatic heterocycles. The van der Waals surface area contributed by atoms with Gasteiger partial charge in [-0.25, -0.2) is 0 Å². The molecule has 1 aliphatic carbocycles. The third kappa shape index (κ3) is 12.5. The van der Waals surface area contributed by atoms with E-state index in [4.69, 9.17) is 9.47 Å². The number of benzene rings is 1. The molecule has 1 saturated carbocycles. The van der Waals surface area contributed by atoms with E-state index < -0.39 is 58.1 Å². The maximum atomic E-state index is 15.6. The van der Waals surface area contributed by atoms with Crippen LogP contribution in [0.1, 0.15) is 50.5 Å². The Morgan fingerprint density at radius 1 is 0.942 bits per heavy atom. The Balaban J connectivity index is 1.48. The van der Waals surface area contributed by atoms with Gasteiger partial charge in [0.15, 0.2) is 0 Å². The Kier molecular flexibility index (Phi) is 16.4. The summed E-state index contributed by atoms with van der Waals surface area (Å²) < 4.78 is 72.0. The molecule has 292 valence electrons. The molecule has 2 saturated heterocycles. The van der Waals surface area contributed by atoms with Crippen LogP contribution in [-0.2, 0) is 40.5 Å². The number of amides is 3. The second kappa shape index (κ2) is 20.4. The standard InChI is InChI=1S/C35H54F2N6O8S/c1-2-9-28(39-33(46)30(25-27-12-7-4-8-13-27)41-52(48,49)43-18-22-51-23-19-43)32(45)40-29(24-26-10-5-3-6-11-26)31(44)35(36,37)34(47)38-14-15-42-16-20-50-21-17-42/h2,4,7-8,12-13,26,28-31,41,44H,1,3,5-6,9-11,14-25H2,(H,38,47)(H,39,46)(H,40,45)/t28-,29-,30-,31+/m0/s1. The van der Waals surface area contributed by atoms with Crippen LogP contribution in [0.25, 0.3) is 0 Å². The van der Waals surface area contributed by atoms with Gasteiger partial charge in [-0.1, -0.05) is 68.5 Å². The summed E-state index contributed by atoms with van der Waals surface area (Å²) in [5.41, 5.74) is 0.651. The van der Waals surface area contributed by atoms with E-state index in [0.717, 1.165) is 19.3 Å². The quantitative estimate of drug-likeness (QED) is 0.127. The summed E-state index contributed by atoms with van der Waals surface area (Å²) in [4.78, 5) is 42.3. The minimum absolute atomic E-state index is 0.00566. The first kappa shape index (κ1) is 41.7. The van der Waals surface area contributed by atoms with Crippen molar-refractivity contribution in [2.24, 2.45) is 5.92 Å². The van der Waals surface area contributed by atoms with Crippen molar-refractivity contribution < 1.29 is 46.2 Å². The second-order valence-electron chi connectivity index (χ2n) is 13.6. The van der Waals surface area contributed by atoms with E-state index in [-0.39, 0.29) is 58.0 Å². The second-order valence-corrected chi connectivity index (χ2v) is 15.3. The zero-order chi connectivity index (χ0) is 37.6. The number of ether oxygens (including phenoxy) is 2. The smallest absolute Gasteiger partial charge is 0.351 e. The molecule has 1 aromatic carbocycles. The molecule has 52 heavy (non-hydrogen) atoms. The average Bonchev–Trinajstić information content (AvgIpc) is 3.15. The number of carbonyl (C=O) groups is 3. The summed E-state index contributed by atoms with van der Waals surface area (Å²) in [6.45, 7) is 6.76. The van der Waals surface area contributed by atoms with Crippen LogP contribution in [0.4, 0.5) is 8.78 Å². The molecule has 3 aliphatic rings. The number of alkyl halides is 2. The van der Waals surface area contributed by atoms with Gasteiger partial charge in [-0.15, -0.1) is 6.58 Å². The Labute approximate surface area is 305 Å². The Morgan fingerprint density at radius 3 is 2.19 bits per heavy atom. The lowest BCUT2D eigenvalue weighted by atomic mass is 9.82. The van der Waals surface area contributed by atoms with E-state index in [1.54, 1.807) is 30.3 Å². The number of aliphatic hydroxyl groups is 1. The highest BCUT2D eigenvalue weighted by atomic mass is 32.2. The SMILES string of the molecule is C=CC[C@H](NC(=O)[C@H](Cc1ccccc1)NS(=O)(=O)N1CCOCC1)C(=O)N[C@@H](CC1CCCCC1)[C@@H](O)C(F)(F)C(=O)NCCN1CCOCC1. The predicted octanol–water partition coefficient (Wildman–Crippen LogP) is 0.725. The van der Waals surface area contributed by atoms with Gasteiger partial charge in [-0.3, -0.25) is 19.3 Å². The highest BCUT2D eigenvalue weighted by molar-refractivity contribution is 7.87. The molecule has 5 N–H and O–H groups in total. The van der Waals surface area contributed by atoms with Gasteiger partial charge in [-0.05, 0) is 30.7 Å². The zero-order valence-corrected chi connectivity index (χ0v) is 30.5. The molecular formula is C35H54F2N6O8S. The van der Waals surface area contributed by atoms with Crippen molar-refractivity contribution in [1.82, 2.24) is 29.9 Å². The molecule has 14 nitrogen and oxygen atoms in total. The van der Waals surface area contributed by atoms with Gasteiger partial charge in [0, 0.05) is 39.3 Å². The molecule has 0 radical (unpaired) electrons. The fraction of sp³-hybridized carbons (Fsp3) is 0.686. The van der Waals surface area contributed by atoms with Gasteiger partial charge in [0.2, 0.25) is 11.8 Å². The number of hydrogen-bond acceptors (Lipinski definition) is 9. The van der Waals surface area contributed by atoms with Crippen molar-refractivity contribution in [1.29, 1.82) is 0 Å². The number of carbonyl (C=O) groups excluding carboxylic acids is 3. The molecule has 0 spiro atoms. The minimum atomic E-state index is -4.24. The maximum Gasteiger partial charge on any atom is 0.351 e. The molecule has 3 amide bonds. The van der Waals surface area contributed by atoms with Crippen LogP contribution in [0.3, 0.4) is 0 Å². The Bertz CT molecular complexity index is 1410. The summed E-state index contributed by atoms with van der Waals surface area (Å²) in [6, 6.07) is 4.50. The van der Waals surface area contributed by atoms with Crippen molar-refractivity contribution in [3.8, 4) is 0 Å². The number of hydrogen-bond donors (Lipinski definition) is 5. The van der Waals surface area contributed by atoms with Crippen molar-refractivity contribution in [2.45, 2.75) is 81.5 Å². The first-order valence-electron chi connectivity index (χ1n) is 18.2. The number of nitrogens with zero attached hydrogens (tertiary/aromatic N) is 2. The molecule has 17 heteroatoms. The van der Waals surface area contributed by atoms with Crippen LogP contribution >= 0.6 is 0 Å². The average molecular weight is 757 g/mol. The zero-order valence-electron chi connectivity index (χ0n) is 29.6. The lowest BCUT2D eigenvalue weighted by molar-refractivity contribution is -0.168. The fourth-order valence-electron chi connectivity index (χ4n) is 6.74. The number of rotatable bonds is 19. The predicted molar refractivity (Wildman–Crippen MR) is 189 cm³/mol. The largest absolute Gasteiger partial charge is 0.384 e. The first-order chi connectivity index (χ1) is 24.9. The molecular weight excluding hydrogens is 702 g/mol. The summed E-state index contributed by atoms with van der Waals surface area (Å²) in [5, 5.41) is 18.4. The molecule has 0 bridgehead atoms. The van der Waals surface area contributed by atoms with Gasteiger partial charge in [0.25, 0.3) is 16.1 Å². The van der Waals surface area contributed by atoms with E-state index in [0.29, 0.717) is 51.3 Å². The summed E-state index contributed by atoms with van der Waals surface area (Å²) in [5.74, 6) is -7.68. The molecule has 1 aromatic rings. The van der Waals surface area contributed by atoms with Crippen molar-refractivity contribution >= 4 is 27.9 Å². The summed E-state index contributed by atoms with van der Waals surface area (Å²) in [6.07, 6.45) is 2.78. The highest BCUT2D eigenvalue weighted by Crippen LogP contribution is 2.31. The molecule has 4 atom stereocenters. The van der Waals surface area contributed by atoms with E-state index >= 15 is 8.78 Å². The van der Waals surface area contributed by atoms with Crippen molar-refractivity contribution in [3.63, 3.8) is 0 Å². The Hall–Kier alpha value is -3.06. The normalized spacial score (nSPS) is 20.6. The van der Waals surface area contributed by atoms with Crippen molar-refractivity contribution in [3.05, 3.63) is 48.6 Å². The van der Waals surface area contributed by atoms with Gasteiger partial charge >= 0.3 is 5.92 Å². The van der Waals surface area contributed by atoms with E-state index in [1.807, 2.05) is 4.90 Å². The third-order valence-corrected chi connectivity index (χ3v) is 11.4. The fourth-order valence-corrected chi connectivity index (χ4v) is 8.07. The molecule has 0 aromatic heterocycles. The molecule has 2 heterocycles. The minimum Gasteiger partial charge on any atom is -0.384 e. The summed E-state index contributed by atoms with van der Waals surface area (Å²) >= 11 is 0. The lowest BCUT2D eigenvalue weighted by Gasteiger charge is -2.34. The van der Waals surface area contributed by atoms with Crippen LogP contribution < -0.4 is 20.7 Å². The van der Waals surface area contributed by atoms with Crippen LogP contribution in [0.15, 0.2) is 43.0 Å². The van der Waals surface area contributed by atoms with Crippen LogP contribution in [0.5, 0.6) is 0 Å². The van der Waals surface area contributed by atoms with E-state index in [2.05, 4.69) is 27.3 Å². The Morgan fingerprint density at radius 2 is 1.56 bits per heavy atom. The number of morpholine rings is 2. The monoisotopic (exact) mass is 756 g/mol. The maximum absolute atomic E-state index is 15.6. The molecule has 0 unspecified atom stereocenters. The van der Waals surface area contributed by atoms with Crippen LogP contribution in [0, 0.1) is 5.92 Å². The van der Waals surface area contributed by atoms with E-state index in [9.17, 15) is 27.9 Å². The van der Waals surface area contributed by atoms with Crippen molar-refractivity contribution in [2.75, 3.05) is 65.7 Å². The van der Waals surface area contributed by atoms with Gasteiger partial charge in [0.1, 0.15) is 18.2 Å². The summed E-state index contributed by atoms with van der Waals surface area (Å²) in [7, 11) is -4.14. The number of halogens is 2. The van der Waals surface area contributed by atoms with Crippen LogP contribution in [0.2, 0.25) is 0 Å². The topological polar surface area (TPSA) is 179 Å². The highest BCUT2D eigenvalue weighted by Gasteiger charge is 2.51. The third-order valence-electron chi connectivity index (χ3n) is 9.75. The lowest BCUT2D eigenvalue weighted by Crippen LogP contribution is -2.61.